The van der Waals surface area contributed by atoms with E-state index in [2.05, 4.69) is 15.7 Å². The number of phenols is 1. The van der Waals surface area contributed by atoms with Crippen molar-refractivity contribution in [3.8, 4) is 5.75 Å². The molecule has 3 N–H and O–H groups in total. The van der Waals surface area contributed by atoms with Gasteiger partial charge in [-0.05, 0) is 30.7 Å². The lowest BCUT2D eigenvalue weighted by Crippen LogP contribution is -2.24. The zero-order valence-electron chi connectivity index (χ0n) is 11.9. The molecule has 0 aliphatic rings. The van der Waals surface area contributed by atoms with E-state index in [1.54, 1.807) is 23.9 Å². The molecule has 1 aromatic carbocycles. The van der Waals surface area contributed by atoms with Crippen LogP contribution < -0.4 is 10.6 Å². The second-order valence-corrected chi connectivity index (χ2v) is 5.11. The van der Waals surface area contributed by atoms with Crippen LogP contribution in [-0.2, 0) is 17.9 Å². The number of anilines is 1. The number of carbonyl (C=O) groups excluding carboxylic acids is 1. The van der Waals surface area contributed by atoms with E-state index in [0.29, 0.717) is 17.4 Å². The van der Waals surface area contributed by atoms with Crippen LogP contribution in [0, 0.1) is 6.92 Å². The van der Waals surface area contributed by atoms with E-state index < -0.39 is 0 Å². The number of nitrogens with zero attached hydrogens (tertiary/aromatic N) is 2. The molecule has 0 saturated heterocycles. The Kier molecular flexibility index (Phi) is 4.70. The molecule has 0 bridgehead atoms. The fourth-order valence-corrected chi connectivity index (χ4v) is 2.15. The Balaban J connectivity index is 2.03. The molecular formula is C14H17ClN4O2. The normalized spacial score (nSPS) is 10.4. The van der Waals surface area contributed by atoms with E-state index in [1.165, 1.54) is 6.07 Å². The number of benzene rings is 1. The molecule has 7 heteroatoms. The van der Waals surface area contributed by atoms with Crippen molar-refractivity contribution in [1.29, 1.82) is 0 Å². The molecule has 0 unspecified atom stereocenters. The van der Waals surface area contributed by atoms with Gasteiger partial charge < -0.3 is 15.7 Å². The van der Waals surface area contributed by atoms with Gasteiger partial charge in [-0.25, -0.2) is 0 Å². The second kappa shape index (κ2) is 6.49. The maximum atomic E-state index is 11.4. The Labute approximate surface area is 127 Å². The predicted octanol–water partition coefficient (Wildman–Crippen LogP) is 1.91. The van der Waals surface area contributed by atoms with E-state index in [4.69, 9.17) is 11.6 Å². The molecule has 0 atom stereocenters. The maximum Gasteiger partial charge on any atom is 0.241 e. The Bertz CT molecular complexity index is 634. The molecule has 2 rings (SSSR count). The summed E-state index contributed by atoms with van der Waals surface area (Å²) in [6.45, 7) is 2.54. The van der Waals surface area contributed by atoms with Crippen LogP contribution in [0.1, 0.15) is 11.3 Å². The predicted molar refractivity (Wildman–Crippen MR) is 81.5 cm³/mol. The molecule has 0 spiro atoms. The van der Waals surface area contributed by atoms with Crippen molar-refractivity contribution in [2.24, 2.45) is 0 Å². The van der Waals surface area contributed by atoms with Crippen LogP contribution in [0.4, 0.5) is 5.82 Å². The van der Waals surface area contributed by atoms with Crippen LogP contribution in [0.15, 0.2) is 24.3 Å². The molecule has 112 valence electrons. The number of nitrogens with one attached hydrogen (secondary N) is 2. The lowest BCUT2D eigenvalue weighted by Gasteiger charge is -2.05. The van der Waals surface area contributed by atoms with Crippen LogP contribution >= 0.6 is 11.6 Å². The number of rotatable bonds is 5. The van der Waals surface area contributed by atoms with Gasteiger partial charge >= 0.3 is 0 Å². The smallest absolute Gasteiger partial charge is 0.241 e. The van der Waals surface area contributed by atoms with Crippen molar-refractivity contribution < 1.29 is 9.90 Å². The molecule has 6 nitrogen and oxygen atoms in total. The number of carbonyl (C=O) groups is 1. The molecule has 0 fully saturated rings. The van der Waals surface area contributed by atoms with Gasteiger partial charge in [-0.2, -0.15) is 5.10 Å². The lowest BCUT2D eigenvalue weighted by atomic mass is 10.2. The highest BCUT2D eigenvalue weighted by atomic mass is 35.5. The first-order valence-corrected chi connectivity index (χ1v) is 6.83. The summed E-state index contributed by atoms with van der Waals surface area (Å²) in [5.74, 6) is 0.684. The largest absolute Gasteiger partial charge is 0.508 e. The highest BCUT2D eigenvalue weighted by Gasteiger charge is 2.07. The van der Waals surface area contributed by atoms with Crippen molar-refractivity contribution >= 4 is 23.3 Å². The van der Waals surface area contributed by atoms with Crippen molar-refractivity contribution in [2.75, 3.05) is 12.4 Å². The van der Waals surface area contributed by atoms with Gasteiger partial charge in [0.25, 0.3) is 0 Å². The van der Waals surface area contributed by atoms with Crippen LogP contribution in [0.3, 0.4) is 0 Å². The van der Waals surface area contributed by atoms with Crippen molar-refractivity contribution in [3.05, 3.63) is 40.5 Å². The summed E-state index contributed by atoms with van der Waals surface area (Å²) >= 11 is 5.88. The second-order valence-electron chi connectivity index (χ2n) is 4.67. The molecule has 21 heavy (non-hydrogen) atoms. The number of aromatic hydroxyl groups is 1. The van der Waals surface area contributed by atoms with Gasteiger partial charge in [-0.15, -0.1) is 0 Å². The molecule has 2 aromatic rings. The molecule has 0 radical (unpaired) electrons. The molecule has 1 heterocycles. The van der Waals surface area contributed by atoms with E-state index >= 15 is 0 Å². The SMILES string of the molecule is CNC(=O)Cn1nc(NCc2cc(O)cc(Cl)c2)cc1C. The number of likely N-dealkylation sites (N-methyl/N-ethyl adjacent to an activating group) is 1. The Morgan fingerprint density at radius 2 is 2.14 bits per heavy atom. The highest BCUT2D eigenvalue weighted by Crippen LogP contribution is 2.20. The fourth-order valence-electron chi connectivity index (χ4n) is 1.90. The van der Waals surface area contributed by atoms with Gasteiger partial charge in [0.1, 0.15) is 18.1 Å². The van der Waals surface area contributed by atoms with Crippen LogP contribution in [-0.4, -0.2) is 27.8 Å². The average Bonchev–Trinajstić information content (AvgIpc) is 2.76. The quantitative estimate of drug-likeness (QED) is 0.788. The number of aryl methyl sites for hydroxylation is 1. The zero-order chi connectivity index (χ0) is 15.4. The monoisotopic (exact) mass is 308 g/mol. The van der Waals surface area contributed by atoms with Gasteiger partial charge in [0.15, 0.2) is 0 Å². The van der Waals surface area contributed by atoms with Crippen molar-refractivity contribution in [1.82, 2.24) is 15.1 Å². The summed E-state index contributed by atoms with van der Waals surface area (Å²) in [5, 5.41) is 20.0. The molecule has 1 aromatic heterocycles. The molecule has 0 saturated carbocycles. The number of hydrogen-bond acceptors (Lipinski definition) is 4. The third kappa shape index (κ3) is 4.13. The third-order valence-corrected chi connectivity index (χ3v) is 3.19. The highest BCUT2D eigenvalue weighted by molar-refractivity contribution is 6.30. The standard InChI is InChI=1S/C14H17ClN4O2/c1-9-3-13(18-19(9)8-14(21)16-2)17-7-10-4-11(15)6-12(20)5-10/h3-6,20H,7-8H2,1-2H3,(H,16,21)(H,17,18). The van der Waals surface area contributed by atoms with Gasteiger partial charge in [0, 0.05) is 30.4 Å². The number of halogens is 1. The fraction of sp³-hybridized carbons (Fsp3) is 0.286. The summed E-state index contributed by atoms with van der Waals surface area (Å²) in [4.78, 5) is 11.4. The van der Waals surface area contributed by atoms with Gasteiger partial charge in [-0.3, -0.25) is 9.48 Å². The summed E-state index contributed by atoms with van der Waals surface area (Å²) in [6, 6.07) is 6.73. The zero-order valence-corrected chi connectivity index (χ0v) is 12.6. The van der Waals surface area contributed by atoms with Crippen LogP contribution in [0.2, 0.25) is 5.02 Å². The number of hydrogen-bond donors (Lipinski definition) is 3. The minimum atomic E-state index is -0.104. The Morgan fingerprint density at radius 3 is 2.81 bits per heavy atom. The van der Waals surface area contributed by atoms with E-state index in [9.17, 15) is 9.90 Å². The van der Waals surface area contributed by atoms with Crippen molar-refractivity contribution in [3.63, 3.8) is 0 Å². The average molecular weight is 309 g/mol. The van der Waals surface area contributed by atoms with Crippen LogP contribution in [0.5, 0.6) is 5.75 Å². The molecular weight excluding hydrogens is 292 g/mol. The maximum absolute atomic E-state index is 11.4. The van der Waals surface area contributed by atoms with Gasteiger partial charge in [0.05, 0.1) is 0 Å². The first kappa shape index (κ1) is 15.2. The number of aromatic nitrogens is 2. The first-order chi connectivity index (χ1) is 9.97. The number of amides is 1. The van der Waals surface area contributed by atoms with E-state index in [1.807, 2.05) is 13.0 Å². The van der Waals surface area contributed by atoms with E-state index in [-0.39, 0.29) is 18.2 Å². The molecule has 1 amide bonds. The Hall–Kier alpha value is -2.21. The van der Waals surface area contributed by atoms with Gasteiger partial charge in [0.2, 0.25) is 5.91 Å². The molecule has 0 aliphatic carbocycles. The van der Waals surface area contributed by atoms with E-state index in [0.717, 1.165) is 11.3 Å². The van der Waals surface area contributed by atoms with Crippen LogP contribution in [0.25, 0.3) is 0 Å². The first-order valence-electron chi connectivity index (χ1n) is 6.45. The minimum absolute atomic E-state index is 0.104. The minimum Gasteiger partial charge on any atom is -0.508 e. The summed E-state index contributed by atoms with van der Waals surface area (Å²) < 4.78 is 1.62. The number of phenolic OH excluding ortho intramolecular Hbond substituents is 1. The van der Waals surface area contributed by atoms with Crippen molar-refractivity contribution in [2.45, 2.75) is 20.0 Å². The van der Waals surface area contributed by atoms with Gasteiger partial charge in [-0.1, -0.05) is 11.6 Å². The summed E-state index contributed by atoms with van der Waals surface area (Å²) in [5.41, 5.74) is 1.73. The Morgan fingerprint density at radius 1 is 1.38 bits per heavy atom. The third-order valence-electron chi connectivity index (χ3n) is 2.97. The summed E-state index contributed by atoms with van der Waals surface area (Å²) in [6.07, 6.45) is 0. The topological polar surface area (TPSA) is 79.2 Å². The lowest BCUT2D eigenvalue weighted by molar-refractivity contribution is -0.121. The molecule has 0 aliphatic heterocycles. The summed E-state index contributed by atoms with van der Waals surface area (Å²) in [7, 11) is 1.59.